The molecule has 0 heterocycles. The van der Waals surface area contributed by atoms with Gasteiger partial charge in [-0.3, -0.25) is 33.8 Å². The van der Waals surface area contributed by atoms with Crippen molar-refractivity contribution in [1.29, 1.82) is 0 Å². The minimum atomic E-state index is -1.27. The van der Waals surface area contributed by atoms with Crippen LogP contribution in [0.5, 0.6) is 0 Å². The molecule has 218 valence electrons. The average molecular weight is 568 g/mol. The van der Waals surface area contributed by atoms with E-state index in [1.54, 1.807) is 0 Å². The first-order valence-electron chi connectivity index (χ1n) is 13.1. The number of carboxylic acid groups (broad SMARTS) is 4. The number of fused-ring (bicyclic) bond motifs is 2. The second-order valence-corrected chi connectivity index (χ2v) is 9.66. The van der Waals surface area contributed by atoms with Crippen LogP contribution in [0.3, 0.4) is 0 Å². The monoisotopic (exact) mass is 567 g/mol. The van der Waals surface area contributed by atoms with Gasteiger partial charge < -0.3 is 25.7 Å². The first-order chi connectivity index (χ1) is 19.6. The second kappa shape index (κ2) is 14.7. The van der Waals surface area contributed by atoms with Crippen molar-refractivity contribution in [3.8, 4) is 0 Å². The molecule has 0 aliphatic heterocycles. The molecule has 0 saturated heterocycles. The molecular formula is C29H33N3O9. The zero-order valence-corrected chi connectivity index (χ0v) is 22.4. The van der Waals surface area contributed by atoms with Gasteiger partial charge >= 0.3 is 23.9 Å². The molecular weight excluding hydrogens is 534 g/mol. The van der Waals surface area contributed by atoms with Crippen molar-refractivity contribution in [2.45, 2.75) is 25.3 Å². The summed E-state index contributed by atoms with van der Waals surface area (Å²) < 4.78 is 0. The summed E-state index contributed by atoms with van der Waals surface area (Å²) in [5.41, 5.74) is 0.557. The van der Waals surface area contributed by atoms with Gasteiger partial charge in [0.25, 0.3) is 5.91 Å². The van der Waals surface area contributed by atoms with E-state index in [1.807, 2.05) is 54.6 Å². The molecule has 3 rings (SSSR count). The van der Waals surface area contributed by atoms with Gasteiger partial charge in [0.1, 0.15) is 6.04 Å². The van der Waals surface area contributed by atoms with Crippen LogP contribution < -0.4 is 5.32 Å². The van der Waals surface area contributed by atoms with Crippen molar-refractivity contribution in [2.75, 3.05) is 39.3 Å². The third kappa shape index (κ3) is 8.98. The van der Waals surface area contributed by atoms with Crippen LogP contribution in [0.15, 0.2) is 54.6 Å². The number of hydrogen-bond acceptors (Lipinski definition) is 7. The van der Waals surface area contributed by atoms with E-state index in [4.69, 9.17) is 10.2 Å². The van der Waals surface area contributed by atoms with Gasteiger partial charge in [-0.1, -0.05) is 48.5 Å². The molecule has 0 aliphatic carbocycles. The zero-order valence-electron chi connectivity index (χ0n) is 22.4. The lowest BCUT2D eigenvalue weighted by atomic mass is 9.96. The Balaban J connectivity index is 1.62. The van der Waals surface area contributed by atoms with E-state index < -0.39 is 49.6 Å². The van der Waals surface area contributed by atoms with Gasteiger partial charge in [-0.15, -0.1) is 0 Å². The number of aliphatic carboxylic acids is 4. The van der Waals surface area contributed by atoms with Crippen molar-refractivity contribution in [2.24, 2.45) is 0 Å². The van der Waals surface area contributed by atoms with Gasteiger partial charge in [-0.25, -0.2) is 0 Å². The van der Waals surface area contributed by atoms with Gasteiger partial charge in [0.05, 0.1) is 25.2 Å². The molecule has 3 aromatic carbocycles. The van der Waals surface area contributed by atoms with E-state index in [-0.39, 0.29) is 32.0 Å². The highest BCUT2D eigenvalue weighted by Crippen LogP contribution is 2.28. The summed E-state index contributed by atoms with van der Waals surface area (Å²) in [4.78, 5) is 61.1. The summed E-state index contributed by atoms with van der Waals surface area (Å²) in [5, 5.41) is 43.6. The summed E-state index contributed by atoms with van der Waals surface area (Å²) >= 11 is 0. The lowest BCUT2D eigenvalue weighted by Gasteiger charge is -2.29. The predicted molar refractivity (Wildman–Crippen MR) is 150 cm³/mol. The number of nitrogens with zero attached hydrogens (tertiary/aromatic N) is 2. The number of carbonyl (C=O) groups is 5. The Morgan fingerprint density at radius 2 is 1.24 bits per heavy atom. The maximum Gasteiger partial charge on any atom is 0.320 e. The minimum absolute atomic E-state index is 0.0769. The van der Waals surface area contributed by atoms with Crippen molar-refractivity contribution in [3.63, 3.8) is 0 Å². The number of carbonyl (C=O) groups excluding carboxylic acids is 1. The summed E-state index contributed by atoms with van der Waals surface area (Å²) in [7, 11) is 0. The van der Waals surface area contributed by atoms with Crippen molar-refractivity contribution >= 4 is 51.3 Å². The molecule has 1 amide bonds. The number of hydrogen-bond donors (Lipinski definition) is 5. The molecule has 0 fully saturated rings. The normalized spacial score (nSPS) is 12.0. The Bertz CT molecular complexity index is 1360. The first-order valence-corrected chi connectivity index (χ1v) is 13.1. The number of carboxylic acids is 4. The van der Waals surface area contributed by atoms with Crippen LogP contribution in [0.1, 0.15) is 29.6 Å². The Morgan fingerprint density at radius 3 is 1.76 bits per heavy atom. The Hall–Kier alpha value is -4.55. The smallest absolute Gasteiger partial charge is 0.320 e. The van der Waals surface area contributed by atoms with Crippen molar-refractivity contribution in [3.05, 3.63) is 60.2 Å². The lowest BCUT2D eigenvalue weighted by molar-refractivity contribution is -0.148. The fraction of sp³-hybridized carbons (Fsp3) is 0.345. The standard InChI is InChI=1S/C29H33N3O9/c33-24(34)16-31(17-25(35)36)13-14-32(18-26(37)38)23(29(40)41)11-5-6-12-30-28(39)27-21-9-3-1-7-19(21)15-20-8-2-4-10-22(20)27/h1-4,7-10,15,23H,5-6,11-14,16-18H2,(H,30,39)(H,33,34)(H,35,36)(H,37,38)(H,40,41)/t23-/m0/s1. The fourth-order valence-electron chi connectivity index (χ4n) is 4.86. The maximum atomic E-state index is 13.2. The fourth-order valence-corrected chi connectivity index (χ4v) is 4.86. The van der Waals surface area contributed by atoms with E-state index in [2.05, 4.69) is 5.32 Å². The third-order valence-electron chi connectivity index (χ3n) is 6.67. The number of unbranched alkanes of at least 4 members (excludes halogenated alkanes) is 1. The van der Waals surface area contributed by atoms with E-state index in [1.165, 1.54) is 4.90 Å². The molecule has 0 spiro atoms. The van der Waals surface area contributed by atoms with Crippen LogP contribution >= 0.6 is 0 Å². The lowest BCUT2D eigenvalue weighted by Crippen LogP contribution is -2.48. The molecule has 3 aromatic rings. The zero-order chi connectivity index (χ0) is 29.9. The van der Waals surface area contributed by atoms with Crippen LogP contribution in [-0.4, -0.2) is 105 Å². The summed E-state index contributed by atoms with van der Waals surface area (Å²) in [6.45, 7) is -1.82. The van der Waals surface area contributed by atoms with Gasteiger partial charge in [0.15, 0.2) is 0 Å². The van der Waals surface area contributed by atoms with Gasteiger partial charge in [0, 0.05) is 19.6 Å². The number of rotatable bonds is 17. The molecule has 41 heavy (non-hydrogen) atoms. The Kier molecular flexibility index (Phi) is 11.1. The number of benzene rings is 3. The molecule has 1 atom stereocenters. The van der Waals surface area contributed by atoms with Gasteiger partial charge in [-0.2, -0.15) is 0 Å². The predicted octanol–water partition coefficient (Wildman–Crippen LogP) is 2.20. The Labute approximate surface area is 235 Å². The largest absolute Gasteiger partial charge is 0.480 e. The first kappa shape index (κ1) is 31.0. The molecule has 0 radical (unpaired) electrons. The van der Waals surface area contributed by atoms with Crippen LogP contribution in [0.2, 0.25) is 0 Å². The molecule has 0 aliphatic rings. The maximum absolute atomic E-state index is 13.2. The van der Waals surface area contributed by atoms with Crippen LogP contribution in [0, 0.1) is 0 Å². The highest BCUT2D eigenvalue weighted by Gasteiger charge is 2.28. The molecule has 12 nitrogen and oxygen atoms in total. The van der Waals surface area contributed by atoms with Crippen LogP contribution in [0.4, 0.5) is 0 Å². The SMILES string of the molecule is O=C(O)CN(CCN(CC(=O)O)[C@@H](CCCCNC(=O)c1c2ccccc2cc2ccccc12)C(=O)O)CC(=O)O. The Morgan fingerprint density at radius 1 is 0.707 bits per heavy atom. The topological polar surface area (TPSA) is 185 Å². The second-order valence-electron chi connectivity index (χ2n) is 9.66. The van der Waals surface area contributed by atoms with Gasteiger partial charge in [0.2, 0.25) is 0 Å². The molecule has 0 aromatic heterocycles. The van der Waals surface area contributed by atoms with E-state index in [9.17, 15) is 34.2 Å². The summed E-state index contributed by atoms with van der Waals surface area (Å²) in [6.07, 6.45) is 0.869. The number of nitrogens with one attached hydrogen (secondary N) is 1. The summed E-state index contributed by atoms with van der Waals surface area (Å²) in [5.74, 6) is -5.29. The molecule has 0 unspecified atom stereocenters. The third-order valence-corrected chi connectivity index (χ3v) is 6.67. The van der Waals surface area contributed by atoms with Crippen LogP contribution in [-0.2, 0) is 19.2 Å². The van der Waals surface area contributed by atoms with E-state index >= 15 is 0 Å². The summed E-state index contributed by atoms with van der Waals surface area (Å²) in [6, 6.07) is 16.0. The van der Waals surface area contributed by atoms with Crippen molar-refractivity contribution in [1.82, 2.24) is 15.1 Å². The molecule has 0 bridgehead atoms. The molecule has 5 N–H and O–H groups in total. The van der Waals surface area contributed by atoms with E-state index in [0.717, 1.165) is 26.4 Å². The van der Waals surface area contributed by atoms with Gasteiger partial charge in [-0.05, 0) is 46.9 Å². The van der Waals surface area contributed by atoms with Crippen molar-refractivity contribution < 1.29 is 44.4 Å². The van der Waals surface area contributed by atoms with E-state index in [0.29, 0.717) is 18.4 Å². The quantitative estimate of drug-likeness (QED) is 0.119. The highest BCUT2D eigenvalue weighted by atomic mass is 16.4. The number of amides is 1. The molecule has 0 saturated carbocycles. The molecule has 12 heteroatoms. The average Bonchev–Trinajstić information content (AvgIpc) is 2.90. The minimum Gasteiger partial charge on any atom is -0.480 e. The van der Waals surface area contributed by atoms with Crippen LogP contribution in [0.25, 0.3) is 21.5 Å². The highest BCUT2D eigenvalue weighted by molar-refractivity contribution is 6.18.